The van der Waals surface area contributed by atoms with Gasteiger partial charge in [0.1, 0.15) is 11.5 Å². The first-order valence-electron chi connectivity index (χ1n) is 7.51. The first-order valence-corrected chi connectivity index (χ1v) is 7.51. The van der Waals surface area contributed by atoms with E-state index in [4.69, 9.17) is 0 Å². The predicted octanol–water partition coefficient (Wildman–Crippen LogP) is 2.36. The first-order chi connectivity index (χ1) is 11.0. The maximum atomic E-state index is 12.2. The molecule has 3 aromatic rings. The highest BCUT2D eigenvalue weighted by Gasteiger charge is 2.13. The summed E-state index contributed by atoms with van der Waals surface area (Å²) in [5, 5.41) is 6.79. The fourth-order valence-electron chi connectivity index (χ4n) is 2.57. The lowest BCUT2D eigenvalue weighted by Crippen LogP contribution is -2.38. The summed E-state index contributed by atoms with van der Waals surface area (Å²) >= 11 is 0. The van der Waals surface area contributed by atoms with Crippen molar-refractivity contribution in [1.29, 1.82) is 0 Å². The smallest absolute Gasteiger partial charge is 0.319 e. The van der Waals surface area contributed by atoms with Crippen molar-refractivity contribution in [3.8, 4) is 0 Å². The fourth-order valence-corrected chi connectivity index (χ4v) is 2.57. The Balaban J connectivity index is 1.64. The van der Waals surface area contributed by atoms with Crippen LogP contribution < -0.4 is 10.6 Å². The van der Waals surface area contributed by atoms with E-state index in [0.717, 1.165) is 22.4 Å². The van der Waals surface area contributed by atoms with E-state index in [1.807, 2.05) is 43.9 Å². The number of carbonyl (C=O) groups excluding carboxylic acids is 1. The summed E-state index contributed by atoms with van der Waals surface area (Å²) in [6.45, 7) is 3.92. The number of anilines is 1. The van der Waals surface area contributed by atoms with Crippen molar-refractivity contribution in [1.82, 2.24) is 24.8 Å². The van der Waals surface area contributed by atoms with E-state index in [1.54, 1.807) is 12.4 Å². The van der Waals surface area contributed by atoms with Crippen LogP contribution in [0.4, 0.5) is 10.5 Å². The number of H-pyrrole nitrogens is 1. The van der Waals surface area contributed by atoms with Crippen LogP contribution in [0.5, 0.6) is 0 Å². The zero-order valence-electron chi connectivity index (χ0n) is 13.4. The number of nitrogens with one attached hydrogen (secondary N) is 3. The lowest BCUT2D eigenvalue weighted by molar-refractivity contribution is 0.249. The number of rotatable bonds is 4. The van der Waals surface area contributed by atoms with E-state index in [1.165, 1.54) is 0 Å². The monoisotopic (exact) mass is 312 g/mol. The van der Waals surface area contributed by atoms with Gasteiger partial charge in [-0.15, -0.1) is 0 Å². The summed E-state index contributed by atoms with van der Waals surface area (Å²) < 4.78 is 1.95. The number of nitrogens with zero attached hydrogens (tertiary/aromatic N) is 3. The second-order valence-electron chi connectivity index (χ2n) is 5.69. The van der Waals surface area contributed by atoms with Gasteiger partial charge in [-0.05, 0) is 25.5 Å². The number of fused-ring (bicyclic) bond motifs is 1. The standard InChI is InChI=1S/C16H20N6O/c1-10(8-14-17-6-7-22(14)3)20-16(23)21-13-9-19-15-12(11(13)2)4-5-18-15/h4-7,9-10H,8H2,1-3H3,(H,18,19)(H2,20,21,23). The van der Waals surface area contributed by atoms with Crippen molar-refractivity contribution in [3.63, 3.8) is 0 Å². The van der Waals surface area contributed by atoms with E-state index in [0.29, 0.717) is 12.1 Å². The molecule has 1 atom stereocenters. The summed E-state index contributed by atoms with van der Waals surface area (Å²) in [5.74, 6) is 0.935. The molecule has 0 aliphatic carbocycles. The van der Waals surface area contributed by atoms with Gasteiger partial charge in [-0.25, -0.2) is 14.8 Å². The molecule has 0 bridgehead atoms. The minimum atomic E-state index is -0.244. The molecule has 3 aromatic heterocycles. The Hall–Kier alpha value is -2.83. The van der Waals surface area contributed by atoms with Crippen molar-refractivity contribution in [3.05, 3.63) is 42.2 Å². The Labute approximate surface area is 134 Å². The van der Waals surface area contributed by atoms with Gasteiger partial charge in [-0.1, -0.05) is 0 Å². The van der Waals surface area contributed by atoms with E-state index < -0.39 is 0 Å². The SMILES string of the molecule is Cc1c(NC(=O)NC(C)Cc2nccn2C)cnc2[nH]ccc12. The number of pyridine rings is 1. The molecule has 0 spiro atoms. The number of hydrogen-bond acceptors (Lipinski definition) is 3. The van der Waals surface area contributed by atoms with Crippen LogP contribution >= 0.6 is 0 Å². The molecule has 3 heterocycles. The largest absolute Gasteiger partial charge is 0.346 e. The molecule has 0 saturated heterocycles. The lowest BCUT2D eigenvalue weighted by atomic mass is 10.2. The quantitative estimate of drug-likeness (QED) is 0.691. The summed E-state index contributed by atoms with van der Waals surface area (Å²) in [5.41, 5.74) is 2.51. The molecule has 2 amide bonds. The average Bonchev–Trinajstić information content (AvgIpc) is 3.12. The molecule has 0 saturated carbocycles. The highest BCUT2D eigenvalue weighted by Crippen LogP contribution is 2.22. The molecule has 3 N–H and O–H groups in total. The molecule has 120 valence electrons. The summed E-state index contributed by atoms with van der Waals surface area (Å²) in [6, 6.07) is 1.68. The van der Waals surface area contributed by atoms with Gasteiger partial charge < -0.3 is 20.2 Å². The number of hydrogen-bond donors (Lipinski definition) is 3. The highest BCUT2D eigenvalue weighted by atomic mass is 16.2. The van der Waals surface area contributed by atoms with Crippen molar-refractivity contribution in [2.24, 2.45) is 7.05 Å². The van der Waals surface area contributed by atoms with Gasteiger partial charge in [0.05, 0.1) is 11.9 Å². The topological polar surface area (TPSA) is 87.6 Å². The van der Waals surface area contributed by atoms with E-state index in [2.05, 4.69) is 25.6 Å². The number of urea groups is 1. The molecule has 3 rings (SSSR count). The number of aryl methyl sites for hydroxylation is 2. The zero-order chi connectivity index (χ0) is 16.4. The Bertz CT molecular complexity index is 834. The van der Waals surface area contributed by atoms with E-state index in [-0.39, 0.29) is 12.1 Å². The highest BCUT2D eigenvalue weighted by molar-refractivity contribution is 5.94. The molecule has 0 aromatic carbocycles. The number of imidazole rings is 1. The molecule has 0 fully saturated rings. The van der Waals surface area contributed by atoms with Crippen LogP contribution in [0.1, 0.15) is 18.3 Å². The molecule has 0 radical (unpaired) electrons. The Morgan fingerprint density at radius 1 is 1.43 bits per heavy atom. The number of carbonyl (C=O) groups is 1. The number of aromatic amines is 1. The van der Waals surface area contributed by atoms with Crippen LogP contribution in [0, 0.1) is 6.92 Å². The van der Waals surface area contributed by atoms with Crippen molar-refractivity contribution >= 4 is 22.8 Å². The van der Waals surface area contributed by atoms with E-state index >= 15 is 0 Å². The number of aromatic nitrogens is 4. The fraction of sp³-hybridized carbons (Fsp3) is 0.312. The van der Waals surface area contributed by atoms with Crippen molar-refractivity contribution in [2.75, 3.05) is 5.32 Å². The summed E-state index contributed by atoms with van der Waals surface area (Å²) in [6.07, 6.45) is 7.82. The van der Waals surface area contributed by atoms with Gasteiger partial charge in [-0.3, -0.25) is 0 Å². The summed E-state index contributed by atoms with van der Waals surface area (Å²) in [4.78, 5) is 23.8. The second kappa shape index (κ2) is 6.12. The molecule has 7 heteroatoms. The molecule has 7 nitrogen and oxygen atoms in total. The maximum absolute atomic E-state index is 12.2. The van der Waals surface area contributed by atoms with Gasteiger partial charge in [0, 0.05) is 43.5 Å². The molecular formula is C16H20N6O. The Morgan fingerprint density at radius 2 is 2.26 bits per heavy atom. The second-order valence-corrected chi connectivity index (χ2v) is 5.69. The normalized spacial score (nSPS) is 12.3. The van der Waals surface area contributed by atoms with Gasteiger partial charge in [-0.2, -0.15) is 0 Å². The zero-order valence-corrected chi connectivity index (χ0v) is 13.4. The van der Waals surface area contributed by atoms with Gasteiger partial charge in [0.25, 0.3) is 0 Å². The van der Waals surface area contributed by atoms with Gasteiger partial charge >= 0.3 is 6.03 Å². The minimum absolute atomic E-state index is 0.0274. The van der Waals surface area contributed by atoms with Crippen LogP contribution in [-0.4, -0.2) is 31.6 Å². The predicted molar refractivity (Wildman–Crippen MR) is 89.4 cm³/mol. The average molecular weight is 312 g/mol. The first kappa shape index (κ1) is 15.1. The molecule has 0 aliphatic heterocycles. The molecule has 1 unspecified atom stereocenters. The third-order valence-corrected chi connectivity index (χ3v) is 3.89. The van der Waals surface area contributed by atoms with Gasteiger partial charge in [0.15, 0.2) is 0 Å². The third-order valence-electron chi connectivity index (χ3n) is 3.89. The van der Waals surface area contributed by atoms with E-state index in [9.17, 15) is 4.79 Å². The van der Waals surface area contributed by atoms with Crippen molar-refractivity contribution < 1.29 is 4.79 Å². The summed E-state index contributed by atoms with van der Waals surface area (Å²) in [7, 11) is 1.94. The molecular weight excluding hydrogens is 292 g/mol. The molecule has 0 aliphatic rings. The van der Waals surface area contributed by atoms with Crippen LogP contribution in [0.3, 0.4) is 0 Å². The van der Waals surface area contributed by atoms with Crippen LogP contribution in [0.2, 0.25) is 0 Å². The van der Waals surface area contributed by atoms with Crippen molar-refractivity contribution in [2.45, 2.75) is 26.3 Å². The molecule has 23 heavy (non-hydrogen) atoms. The minimum Gasteiger partial charge on any atom is -0.346 e. The van der Waals surface area contributed by atoms with Crippen LogP contribution in [0.15, 0.2) is 30.9 Å². The lowest BCUT2D eigenvalue weighted by Gasteiger charge is -2.15. The number of amides is 2. The van der Waals surface area contributed by atoms with Gasteiger partial charge in [0.2, 0.25) is 0 Å². The van der Waals surface area contributed by atoms with Crippen LogP contribution in [0.25, 0.3) is 11.0 Å². The van der Waals surface area contributed by atoms with Crippen LogP contribution in [-0.2, 0) is 13.5 Å². The Kier molecular flexibility index (Phi) is 4.01. The Morgan fingerprint density at radius 3 is 3.00 bits per heavy atom. The maximum Gasteiger partial charge on any atom is 0.319 e. The third kappa shape index (κ3) is 3.18.